The summed E-state index contributed by atoms with van der Waals surface area (Å²) in [4.78, 5) is 0.235. The Balaban J connectivity index is 1.88. The molecule has 0 unspecified atom stereocenters. The number of nitrogens with one attached hydrogen (secondary N) is 1. The molecular weight excluding hydrogens is 353 g/mol. The van der Waals surface area contributed by atoms with E-state index >= 15 is 0 Å². The van der Waals surface area contributed by atoms with Crippen LogP contribution in [-0.2, 0) is 22.0 Å². The number of nitrogens with zero attached hydrogens (tertiary/aromatic N) is 2. The molecule has 1 fully saturated rings. The zero-order valence-electron chi connectivity index (χ0n) is 15.5. The van der Waals surface area contributed by atoms with E-state index in [1.807, 2.05) is 25.5 Å². The van der Waals surface area contributed by atoms with Crippen LogP contribution in [0.25, 0.3) is 0 Å². The van der Waals surface area contributed by atoms with Gasteiger partial charge in [0.25, 0.3) is 0 Å². The number of hydrogen-bond donors (Lipinski definition) is 1. The molecule has 0 atom stereocenters. The summed E-state index contributed by atoms with van der Waals surface area (Å²) in [5.41, 5.74) is 0.899. The lowest BCUT2D eigenvalue weighted by molar-refractivity contribution is 0.448. The van der Waals surface area contributed by atoms with Gasteiger partial charge in [-0.2, -0.15) is 5.10 Å². The molecule has 0 aliphatic heterocycles. The summed E-state index contributed by atoms with van der Waals surface area (Å²) in [6.45, 7) is 6.01. The van der Waals surface area contributed by atoms with Gasteiger partial charge in [0.1, 0.15) is 10.7 Å². The third kappa shape index (κ3) is 4.15. The molecule has 5 nitrogen and oxygen atoms in total. The van der Waals surface area contributed by atoms with Crippen molar-refractivity contribution in [3.8, 4) is 0 Å². The largest absolute Gasteiger partial charge is 0.268 e. The molecule has 2 aromatic rings. The maximum absolute atomic E-state index is 13.0. The van der Waals surface area contributed by atoms with Gasteiger partial charge in [-0.05, 0) is 30.5 Å². The molecule has 0 bridgehead atoms. The Morgan fingerprint density at radius 1 is 1.19 bits per heavy atom. The highest BCUT2D eigenvalue weighted by Gasteiger charge is 2.31. The Kier molecular flexibility index (Phi) is 5.21. The third-order valence-corrected chi connectivity index (χ3v) is 6.18. The zero-order valence-corrected chi connectivity index (χ0v) is 16.3. The Labute approximate surface area is 154 Å². The van der Waals surface area contributed by atoms with Gasteiger partial charge in [-0.15, -0.1) is 0 Å². The molecule has 1 aliphatic carbocycles. The maximum atomic E-state index is 13.0. The molecule has 0 spiro atoms. The second-order valence-corrected chi connectivity index (χ2v) is 9.70. The van der Waals surface area contributed by atoms with Crippen molar-refractivity contribution in [2.45, 2.75) is 69.4 Å². The molecule has 0 amide bonds. The fraction of sp³-hybridized carbons (Fsp3) is 0.526. The molecular formula is C19H26FN3O2S. The van der Waals surface area contributed by atoms with E-state index in [-0.39, 0.29) is 28.7 Å². The van der Waals surface area contributed by atoms with Gasteiger partial charge in [0.2, 0.25) is 10.0 Å². The lowest BCUT2D eigenvalue weighted by Crippen LogP contribution is -2.26. The first-order valence-corrected chi connectivity index (χ1v) is 10.5. The van der Waals surface area contributed by atoms with Crippen molar-refractivity contribution < 1.29 is 12.8 Å². The van der Waals surface area contributed by atoms with Crippen LogP contribution in [0, 0.1) is 5.82 Å². The number of rotatable bonds is 5. The average Bonchev–Trinajstić information content (AvgIpc) is 3.23. The van der Waals surface area contributed by atoms with Crippen molar-refractivity contribution in [3.05, 3.63) is 47.5 Å². The van der Waals surface area contributed by atoms with E-state index in [0.717, 1.165) is 25.7 Å². The summed E-state index contributed by atoms with van der Waals surface area (Å²) in [7, 11) is -3.72. The predicted molar refractivity (Wildman–Crippen MR) is 98.9 cm³/mol. The number of halogens is 1. The minimum Gasteiger partial charge on any atom is -0.268 e. The summed E-state index contributed by atoms with van der Waals surface area (Å²) < 4.78 is 43.3. The van der Waals surface area contributed by atoms with Crippen molar-refractivity contribution in [1.29, 1.82) is 0 Å². The van der Waals surface area contributed by atoms with Crippen LogP contribution in [0.4, 0.5) is 4.39 Å². The first-order chi connectivity index (χ1) is 12.2. The molecule has 1 aromatic heterocycles. The van der Waals surface area contributed by atoms with Crippen molar-refractivity contribution in [2.75, 3.05) is 0 Å². The van der Waals surface area contributed by atoms with Crippen LogP contribution < -0.4 is 4.72 Å². The Hall–Kier alpha value is -1.73. The number of hydrogen-bond acceptors (Lipinski definition) is 3. The van der Waals surface area contributed by atoms with Gasteiger partial charge in [0, 0.05) is 18.2 Å². The summed E-state index contributed by atoms with van der Waals surface area (Å²) in [5.74, 6) is -0.343. The van der Waals surface area contributed by atoms with Crippen molar-refractivity contribution in [2.24, 2.45) is 0 Å². The average molecular weight is 380 g/mol. The first-order valence-electron chi connectivity index (χ1n) is 9.00. The van der Waals surface area contributed by atoms with E-state index in [1.165, 1.54) is 12.1 Å². The van der Waals surface area contributed by atoms with Crippen LogP contribution in [-0.4, -0.2) is 18.2 Å². The van der Waals surface area contributed by atoms with Crippen LogP contribution in [0.1, 0.15) is 63.8 Å². The molecule has 26 heavy (non-hydrogen) atoms. The monoisotopic (exact) mass is 379 g/mol. The van der Waals surface area contributed by atoms with Gasteiger partial charge < -0.3 is 0 Å². The van der Waals surface area contributed by atoms with Gasteiger partial charge in [-0.1, -0.05) is 45.7 Å². The quantitative estimate of drug-likeness (QED) is 0.856. The highest BCUT2D eigenvalue weighted by Crippen LogP contribution is 2.33. The molecule has 7 heteroatoms. The molecule has 3 rings (SSSR count). The van der Waals surface area contributed by atoms with Crippen molar-refractivity contribution >= 4 is 10.0 Å². The fourth-order valence-corrected chi connectivity index (χ4v) is 4.67. The molecule has 142 valence electrons. The second-order valence-electron chi connectivity index (χ2n) is 7.96. The standard InChI is InChI=1S/C19H26FN3O2S/c1-19(2,3)18-17(13-23(22-18)16-6-4-5-7-16)26(24,25)21-12-14-8-10-15(20)11-9-14/h8-11,13,16,21H,4-7,12H2,1-3H3. The van der Waals surface area contributed by atoms with Gasteiger partial charge in [-0.3, -0.25) is 4.68 Å². The molecule has 0 saturated heterocycles. The predicted octanol–water partition coefficient (Wildman–Crippen LogP) is 3.91. The molecule has 1 saturated carbocycles. The van der Waals surface area contributed by atoms with E-state index < -0.39 is 10.0 Å². The van der Waals surface area contributed by atoms with Gasteiger partial charge in [0.15, 0.2) is 0 Å². The zero-order chi connectivity index (χ0) is 18.9. The minimum absolute atomic E-state index is 0.112. The minimum atomic E-state index is -3.72. The molecule has 1 heterocycles. The summed E-state index contributed by atoms with van der Waals surface area (Å²) in [6.07, 6.45) is 6.05. The van der Waals surface area contributed by atoms with E-state index in [1.54, 1.807) is 18.3 Å². The van der Waals surface area contributed by atoms with Crippen LogP contribution in [0.5, 0.6) is 0 Å². The Morgan fingerprint density at radius 3 is 2.38 bits per heavy atom. The third-order valence-electron chi connectivity index (χ3n) is 4.78. The van der Waals surface area contributed by atoms with E-state index in [2.05, 4.69) is 9.82 Å². The molecule has 1 aromatic carbocycles. The molecule has 0 radical (unpaired) electrons. The molecule has 1 aliphatic rings. The van der Waals surface area contributed by atoms with Gasteiger partial charge >= 0.3 is 0 Å². The van der Waals surface area contributed by atoms with E-state index in [0.29, 0.717) is 11.3 Å². The first kappa shape index (κ1) is 19.0. The summed E-state index contributed by atoms with van der Waals surface area (Å²) in [6, 6.07) is 6.07. The Bertz CT molecular complexity index is 861. The smallest absolute Gasteiger partial charge is 0.244 e. The van der Waals surface area contributed by atoms with Gasteiger partial charge in [-0.25, -0.2) is 17.5 Å². The number of aromatic nitrogens is 2. The van der Waals surface area contributed by atoms with Crippen LogP contribution in [0.2, 0.25) is 0 Å². The summed E-state index contributed by atoms with van der Waals surface area (Å²) in [5, 5.41) is 4.64. The maximum Gasteiger partial charge on any atom is 0.244 e. The lowest BCUT2D eigenvalue weighted by Gasteiger charge is -2.18. The fourth-order valence-electron chi connectivity index (χ4n) is 3.31. The van der Waals surface area contributed by atoms with Crippen LogP contribution in [0.15, 0.2) is 35.4 Å². The highest BCUT2D eigenvalue weighted by molar-refractivity contribution is 7.89. The van der Waals surface area contributed by atoms with Crippen LogP contribution in [0.3, 0.4) is 0 Å². The van der Waals surface area contributed by atoms with Crippen LogP contribution >= 0.6 is 0 Å². The summed E-state index contributed by atoms with van der Waals surface area (Å²) >= 11 is 0. The topological polar surface area (TPSA) is 64.0 Å². The van der Waals surface area contributed by atoms with E-state index in [4.69, 9.17) is 0 Å². The van der Waals surface area contributed by atoms with Gasteiger partial charge in [0.05, 0.1) is 11.7 Å². The normalized spacial score (nSPS) is 16.3. The SMILES string of the molecule is CC(C)(C)c1nn(C2CCCC2)cc1S(=O)(=O)NCc1ccc(F)cc1. The number of benzene rings is 1. The number of sulfonamides is 1. The van der Waals surface area contributed by atoms with E-state index in [9.17, 15) is 12.8 Å². The Morgan fingerprint density at radius 2 is 1.81 bits per heavy atom. The molecule has 1 N–H and O–H groups in total. The van der Waals surface area contributed by atoms with Crippen molar-refractivity contribution in [3.63, 3.8) is 0 Å². The second kappa shape index (κ2) is 7.12. The highest BCUT2D eigenvalue weighted by atomic mass is 32.2. The van der Waals surface area contributed by atoms with Crippen molar-refractivity contribution in [1.82, 2.24) is 14.5 Å². The lowest BCUT2D eigenvalue weighted by atomic mass is 9.92.